The van der Waals surface area contributed by atoms with Gasteiger partial charge in [-0.05, 0) is 31.7 Å². The van der Waals surface area contributed by atoms with E-state index >= 15 is 0 Å². The van der Waals surface area contributed by atoms with Gasteiger partial charge < -0.3 is 15.4 Å². The molecular weight excluding hydrogens is 244 g/mol. The molecule has 0 bridgehead atoms. The summed E-state index contributed by atoms with van der Waals surface area (Å²) >= 11 is 0. The first kappa shape index (κ1) is 15.3. The average molecular weight is 266 g/mol. The van der Waals surface area contributed by atoms with E-state index in [9.17, 15) is 9.59 Å². The summed E-state index contributed by atoms with van der Waals surface area (Å²) in [7, 11) is 0. The maximum atomic E-state index is 12.3. The Bertz CT molecular complexity index is 509. The van der Waals surface area contributed by atoms with Crippen molar-refractivity contribution in [2.45, 2.75) is 47.6 Å². The number of nitrogens with one attached hydrogen (secondary N) is 2. The zero-order valence-corrected chi connectivity index (χ0v) is 12.3. The van der Waals surface area contributed by atoms with Gasteiger partial charge in [0.2, 0.25) is 0 Å². The number of aromatic carboxylic acids is 1. The van der Waals surface area contributed by atoms with E-state index in [4.69, 9.17) is 5.11 Å². The molecule has 0 aliphatic rings. The van der Waals surface area contributed by atoms with Crippen molar-refractivity contribution in [3.05, 3.63) is 22.5 Å². The van der Waals surface area contributed by atoms with Crippen molar-refractivity contribution in [1.82, 2.24) is 10.3 Å². The van der Waals surface area contributed by atoms with Crippen LogP contribution in [0.5, 0.6) is 0 Å². The van der Waals surface area contributed by atoms with Crippen molar-refractivity contribution >= 4 is 11.9 Å². The lowest BCUT2D eigenvalue weighted by atomic mass is 9.88. The van der Waals surface area contributed by atoms with E-state index in [0.717, 1.165) is 0 Å². The van der Waals surface area contributed by atoms with Crippen LogP contribution in [0.4, 0.5) is 0 Å². The van der Waals surface area contributed by atoms with Crippen LogP contribution in [0.15, 0.2) is 0 Å². The molecule has 19 heavy (non-hydrogen) atoms. The lowest BCUT2D eigenvalue weighted by molar-refractivity contribution is 0.0690. The number of aromatic nitrogens is 1. The molecule has 0 aliphatic heterocycles. The van der Waals surface area contributed by atoms with E-state index < -0.39 is 5.97 Å². The lowest BCUT2D eigenvalue weighted by Crippen LogP contribution is -2.41. The number of carboxylic acid groups (broad SMARTS) is 1. The summed E-state index contributed by atoms with van der Waals surface area (Å²) in [5.41, 5.74) is 1.50. The minimum atomic E-state index is -1.05. The number of hydrogen-bond donors (Lipinski definition) is 3. The number of aryl methyl sites for hydroxylation is 1. The molecule has 0 saturated carbocycles. The molecule has 0 spiro atoms. The monoisotopic (exact) mass is 266 g/mol. The quantitative estimate of drug-likeness (QED) is 0.786. The van der Waals surface area contributed by atoms with E-state index in [1.165, 1.54) is 0 Å². The van der Waals surface area contributed by atoms with E-state index in [1.807, 2.05) is 27.7 Å². The number of rotatable bonds is 3. The lowest BCUT2D eigenvalue weighted by Gasteiger charge is -2.28. The summed E-state index contributed by atoms with van der Waals surface area (Å²) in [5.74, 6) is -1.29. The van der Waals surface area contributed by atoms with Gasteiger partial charge in [-0.3, -0.25) is 4.79 Å². The molecule has 1 aromatic heterocycles. The van der Waals surface area contributed by atoms with Gasteiger partial charge in [0.15, 0.2) is 0 Å². The standard InChI is InChI=1S/C14H22N2O3/c1-7-10(8(2)15-11(7)13(18)19)12(17)16-9(3)14(4,5)6/h9,15H,1-6H3,(H,16,17)(H,18,19). The number of amides is 1. The summed E-state index contributed by atoms with van der Waals surface area (Å²) < 4.78 is 0. The van der Waals surface area contributed by atoms with Crippen LogP contribution < -0.4 is 5.32 Å². The first-order valence-electron chi connectivity index (χ1n) is 6.29. The number of hydrogen-bond acceptors (Lipinski definition) is 2. The molecule has 1 amide bonds. The second-order valence-electron chi connectivity index (χ2n) is 5.99. The summed E-state index contributed by atoms with van der Waals surface area (Å²) in [6.45, 7) is 11.4. The zero-order chi connectivity index (χ0) is 15.0. The van der Waals surface area contributed by atoms with Gasteiger partial charge in [-0.15, -0.1) is 0 Å². The fraction of sp³-hybridized carbons (Fsp3) is 0.571. The fourth-order valence-corrected chi connectivity index (χ4v) is 1.79. The van der Waals surface area contributed by atoms with E-state index in [-0.39, 0.29) is 23.1 Å². The highest BCUT2D eigenvalue weighted by molar-refractivity contribution is 6.00. The van der Waals surface area contributed by atoms with E-state index in [0.29, 0.717) is 16.8 Å². The van der Waals surface area contributed by atoms with Gasteiger partial charge in [-0.25, -0.2) is 4.79 Å². The third kappa shape index (κ3) is 3.16. The van der Waals surface area contributed by atoms with Gasteiger partial charge in [0.1, 0.15) is 5.69 Å². The van der Waals surface area contributed by atoms with Crippen molar-refractivity contribution < 1.29 is 14.7 Å². The summed E-state index contributed by atoms with van der Waals surface area (Å²) in [6, 6.07) is -0.0121. The molecule has 1 atom stereocenters. The molecule has 1 heterocycles. The number of aromatic amines is 1. The van der Waals surface area contributed by atoms with Crippen molar-refractivity contribution in [2.75, 3.05) is 0 Å². The van der Waals surface area contributed by atoms with Gasteiger partial charge in [-0.2, -0.15) is 0 Å². The number of carbonyl (C=O) groups excluding carboxylic acids is 1. The zero-order valence-electron chi connectivity index (χ0n) is 12.3. The smallest absolute Gasteiger partial charge is 0.352 e. The van der Waals surface area contributed by atoms with Crippen LogP contribution in [0, 0.1) is 19.3 Å². The number of carboxylic acids is 1. The summed E-state index contributed by atoms with van der Waals surface area (Å²) in [5, 5.41) is 12.0. The van der Waals surface area contributed by atoms with Crippen molar-refractivity contribution in [2.24, 2.45) is 5.41 Å². The Kier molecular flexibility index (Phi) is 4.08. The highest BCUT2D eigenvalue weighted by Gasteiger charge is 2.26. The molecule has 0 aliphatic carbocycles. The first-order chi connectivity index (χ1) is 8.55. The Hall–Kier alpha value is -1.78. The molecule has 5 heteroatoms. The third-order valence-electron chi connectivity index (χ3n) is 3.53. The minimum absolute atomic E-state index is 0.0121. The average Bonchev–Trinajstić information content (AvgIpc) is 2.52. The number of carbonyl (C=O) groups is 2. The second-order valence-corrected chi connectivity index (χ2v) is 5.99. The van der Waals surface area contributed by atoms with Gasteiger partial charge >= 0.3 is 5.97 Å². The summed E-state index contributed by atoms with van der Waals surface area (Å²) in [4.78, 5) is 26.0. The number of H-pyrrole nitrogens is 1. The Balaban J connectivity index is 3.05. The minimum Gasteiger partial charge on any atom is -0.477 e. The second kappa shape index (κ2) is 5.07. The molecule has 0 saturated heterocycles. The Labute approximate surface area is 113 Å². The molecule has 0 fully saturated rings. The van der Waals surface area contributed by atoms with Crippen molar-refractivity contribution in [1.29, 1.82) is 0 Å². The fourth-order valence-electron chi connectivity index (χ4n) is 1.79. The van der Waals surface area contributed by atoms with Gasteiger partial charge in [0.05, 0.1) is 5.56 Å². The molecule has 106 valence electrons. The Morgan fingerprint density at radius 1 is 1.26 bits per heavy atom. The van der Waals surface area contributed by atoms with Crippen LogP contribution in [0.1, 0.15) is 59.8 Å². The molecule has 1 rings (SSSR count). The predicted molar refractivity (Wildman–Crippen MR) is 73.6 cm³/mol. The van der Waals surface area contributed by atoms with E-state index in [1.54, 1.807) is 13.8 Å². The molecular formula is C14H22N2O3. The highest BCUT2D eigenvalue weighted by atomic mass is 16.4. The van der Waals surface area contributed by atoms with Crippen LogP contribution in [0.3, 0.4) is 0 Å². The van der Waals surface area contributed by atoms with Gasteiger partial charge in [-0.1, -0.05) is 20.8 Å². The van der Waals surface area contributed by atoms with Crippen molar-refractivity contribution in [3.8, 4) is 0 Å². The van der Waals surface area contributed by atoms with Crippen LogP contribution in [-0.4, -0.2) is 28.0 Å². The van der Waals surface area contributed by atoms with E-state index in [2.05, 4.69) is 10.3 Å². The van der Waals surface area contributed by atoms with Gasteiger partial charge in [0, 0.05) is 11.7 Å². The molecule has 3 N–H and O–H groups in total. The predicted octanol–water partition coefficient (Wildman–Crippen LogP) is 2.49. The summed E-state index contributed by atoms with van der Waals surface area (Å²) in [6.07, 6.45) is 0. The maximum absolute atomic E-state index is 12.3. The van der Waals surface area contributed by atoms with Gasteiger partial charge in [0.25, 0.3) is 5.91 Å². The van der Waals surface area contributed by atoms with Crippen LogP contribution in [-0.2, 0) is 0 Å². The molecule has 1 unspecified atom stereocenters. The first-order valence-corrected chi connectivity index (χ1v) is 6.29. The highest BCUT2D eigenvalue weighted by Crippen LogP contribution is 2.21. The van der Waals surface area contributed by atoms with Crippen LogP contribution >= 0.6 is 0 Å². The Morgan fingerprint density at radius 3 is 2.16 bits per heavy atom. The molecule has 1 aromatic rings. The largest absolute Gasteiger partial charge is 0.477 e. The molecule has 0 radical (unpaired) electrons. The topological polar surface area (TPSA) is 82.2 Å². The normalized spacial score (nSPS) is 13.2. The molecule has 5 nitrogen and oxygen atoms in total. The van der Waals surface area contributed by atoms with Crippen molar-refractivity contribution in [3.63, 3.8) is 0 Å². The Morgan fingerprint density at radius 2 is 1.79 bits per heavy atom. The van der Waals surface area contributed by atoms with Crippen LogP contribution in [0.25, 0.3) is 0 Å². The van der Waals surface area contributed by atoms with Crippen LogP contribution in [0.2, 0.25) is 0 Å². The SMILES string of the molecule is Cc1[nH]c(C(=O)O)c(C)c1C(=O)NC(C)C(C)(C)C. The maximum Gasteiger partial charge on any atom is 0.352 e. The third-order valence-corrected chi connectivity index (χ3v) is 3.53. The molecule has 0 aromatic carbocycles.